The SMILES string of the molecule is CNCCn1nnnc1SCc1cc(F)cc(C#N)c1. The van der Waals surface area contributed by atoms with Crippen LogP contribution in [0.4, 0.5) is 4.39 Å². The Bertz CT molecular complexity index is 621. The molecule has 2 rings (SSSR count). The third-order valence-corrected chi connectivity index (χ3v) is 3.56. The predicted molar refractivity (Wildman–Crippen MR) is 72.4 cm³/mol. The molecule has 1 aromatic carbocycles. The van der Waals surface area contributed by atoms with Crippen molar-refractivity contribution in [1.29, 1.82) is 5.26 Å². The number of hydrogen-bond acceptors (Lipinski definition) is 6. The molecule has 2 aromatic rings. The maximum atomic E-state index is 13.3. The van der Waals surface area contributed by atoms with Crippen molar-refractivity contribution in [3.8, 4) is 6.07 Å². The number of thioether (sulfide) groups is 1. The molecule has 0 saturated carbocycles. The third kappa shape index (κ3) is 3.76. The van der Waals surface area contributed by atoms with Crippen LogP contribution in [0.2, 0.25) is 0 Å². The number of halogens is 1. The fourth-order valence-electron chi connectivity index (χ4n) is 1.60. The molecule has 1 aromatic heterocycles. The van der Waals surface area contributed by atoms with E-state index in [1.165, 1.54) is 23.9 Å². The topological polar surface area (TPSA) is 79.4 Å². The number of nitrogens with zero attached hydrogens (tertiary/aromatic N) is 5. The molecule has 0 atom stereocenters. The first-order valence-electron chi connectivity index (χ1n) is 5.96. The van der Waals surface area contributed by atoms with Gasteiger partial charge in [-0.2, -0.15) is 5.26 Å². The summed E-state index contributed by atoms with van der Waals surface area (Å²) in [5.41, 5.74) is 1.05. The molecule has 0 aliphatic rings. The van der Waals surface area contributed by atoms with Gasteiger partial charge in [0.15, 0.2) is 0 Å². The van der Waals surface area contributed by atoms with Gasteiger partial charge in [-0.15, -0.1) is 5.10 Å². The molecule has 1 heterocycles. The first-order chi connectivity index (χ1) is 9.72. The Hall–Kier alpha value is -1.98. The van der Waals surface area contributed by atoms with E-state index in [0.29, 0.717) is 23.0 Å². The van der Waals surface area contributed by atoms with Gasteiger partial charge in [0.05, 0.1) is 18.2 Å². The van der Waals surface area contributed by atoms with E-state index < -0.39 is 5.82 Å². The van der Waals surface area contributed by atoms with E-state index in [1.807, 2.05) is 13.1 Å². The monoisotopic (exact) mass is 292 g/mol. The number of rotatable bonds is 6. The summed E-state index contributed by atoms with van der Waals surface area (Å²) in [6.45, 7) is 1.43. The van der Waals surface area contributed by atoms with Gasteiger partial charge in [-0.1, -0.05) is 11.8 Å². The molecule has 104 valence electrons. The maximum Gasteiger partial charge on any atom is 0.209 e. The minimum atomic E-state index is -0.408. The van der Waals surface area contributed by atoms with Gasteiger partial charge < -0.3 is 5.32 Å². The van der Waals surface area contributed by atoms with E-state index in [1.54, 1.807) is 10.7 Å². The molecule has 0 unspecified atom stereocenters. The number of nitriles is 1. The standard InChI is InChI=1S/C12H13FN6S/c1-15-2-3-19-12(16-17-18-19)20-8-10-4-9(7-14)5-11(13)6-10/h4-6,15H,2-3,8H2,1H3. The number of aromatic nitrogens is 4. The quantitative estimate of drug-likeness (QED) is 0.806. The van der Waals surface area contributed by atoms with Gasteiger partial charge in [-0.3, -0.25) is 0 Å². The van der Waals surface area contributed by atoms with E-state index in [9.17, 15) is 4.39 Å². The molecule has 20 heavy (non-hydrogen) atoms. The summed E-state index contributed by atoms with van der Waals surface area (Å²) in [5.74, 6) is 0.0984. The summed E-state index contributed by atoms with van der Waals surface area (Å²) in [4.78, 5) is 0. The third-order valence-electron chi connectivity index (χ3n) is 2.53. The predicted octanol–water partition coefficient (Wildman–Crippen LogP) is 1.20. The highest BCUT2D eigenvalue weighted by molar-refractivity contribution is 7.98. The highest BCUT2D eigenvalue weighted by Crippen LogP contribution is 2.21. The Labute approximate surface area is 120 Å². The molecule has 6 nitrogen and oxygen atoms in total. The highest BCUT2D eigenvalue weighted by Gasteiger charge is 2.08. The fourth-order valence-corrected chi connectivity index (χ4v) is 2.44. The second-order valence-corrected chi connectivity index (χ2v) is 4.98. The number of nitrogens with one attached hydrogen (secondary N) is 1. The van der Waals surface area contributed by atoms with Gasteiger partial charge in [0.1, 0.15) is 5.82 Å². The van der Waals surface area contributed by atoms with Gasteiger partial charge >= 0.3 is 0 Å². The Morgan fingerprint density at radius 1 is 1.45 bits per heavy atom. The Balaban J connectivity index is 2.04. The summed E-state index contributed by atoms with van der Waals surface area (Å²) < 4.78 is 15.0. The van der Waals surface area contributed by atoms with Crippen molar-refractivity contribution in [2.24, 2.45) is 0 Å². The Morgan fingerprint density at radius 2 is 2.30 bits per heavy atom. The number of hydrogen-bond donors (Lipinski definition) is 1. The average Bonchev–Trinajstić information content (AvgIpc) is 2.89. The molecule has 0 aliphatic heterocycles. The van der Waals surface area contributed by atoms with Crippen molar-refractivity contribution < 1.29 is 4.39 Å². The Kier molecular flexibility index (Phi) is 5.03. The second-order valence-electron chi connectivity index (χ2n) is 4.04. The van der Waals surface area contributed by atoms with Gasteiger partial charge in [0.25, 0.3) is 0 Å². The van der Waals surface area contributed by atoms with E-state index in [-0.39, 0.29) is 0 Å². The van der Waals surface area contributed by atoms with Crippen LogP contribution in [-0.4, -0.2) is 33.8 Å². The summed E-state index contributed by atoms with van der Waals surface area (Å²) >= 11 is 1.41. The first kappa shape index (κ1) is 14.4. The molecule has 0 saturated heterocycles. The van der Waals surface area contributed by atoms with E-state index in [0.717, 1.165) is 12.1 Å². The van der Waals surface area contributed by atoms with Gasteiger partial charge in [-0.05, 0) is 41.2 Å². The molecular formula is C12H13FN6S. The highest BCUT2D eigenvalue weighted by atomic mass is 32.2. The number of likely N-dealkylation sites (N-methyl/N-ethyl adjacent to an activating group) is 1. The lowest BCUT2D eigenvalue weighted by Gasteiger charge is -2.04. The molecule has 1 N–H and O–H groups in total. The van der Waals surface area contributed by atoms with Gasteiger partial charge in [-0.25, -0.2) is 9.07 Å². The van der Waals surface area contributed by atoms with Crippen molar-refractivity contribution in [2.45, 2.75) is 17.5 Å². The van der Waals surface area contributed by atoms with E-state index in [4.69, 9.17) is 5.26 Å². The van der Waals surface area contributed by atoms with Crippen LogP contribution < -0.4 is 5.32 Å². The van der Waals surface area contributed by atoms with Crippen LogP contribution in [0, 0.1) is 17.1 Å². The maximum absolute atomic E-state index is 13.3. The van der Waals surface area contributed by atoms with Crippen molar-refractivity contribution in [3.63, 3.8) is 0 Å². The molecule has 0 amide bonds. The van der Waals surface area contributed by atoms with Gasteiger partial charge in [0.2, 0.25) is 5.16 Å². The summed E-state index contributed by atoms with van der Waals surface area (Å²) in [6, 6.07) is 6.23. The molecule has 0 radical (unpaired) electrons. The van der Waals surface area contributed by atoms with Crippen molar-refractivity contribution in [2.75, 3.05) is 13.6 Å². The molecule has 0 spiro atoms. The summed E-state index contributed by atoms with van der Waals surface area (Å²) in [6.07, 6.45) is 0. The summed E-state index contributed by atoms with van der Waals surface area (Å²) in [7, 11) is 1.85. The number of benzene rings is 1. The number of tetrazole rings is 1. The van der Waals surface area contributed by atoms with Crippen LogP contribution in [0.15, 0.2) is 23.4 Å². The lowest BCUT2D eigenvalue weighted by atomic mass is 10.1. The molecule has 0 fully saturated rings. The second kappa shape index (κ2) is 6.98. The smallest absolute Gasteiger partial charge is 0.209 e. The van der Waals surface area contributed by atoms with Gasteiger partial charge in [0, 0.05) is 12.3 Å². The fraction of sp³-hybridized carbons (Fsp3) is 0.333. The normalized spacial score (nSPS) is 10.4. The van der Waals surface area contributed by atoms with Crippen LogP contribution >= 0.6 is 11.8 Å². The minimum absolute atomic E-state index is 0.315. The van der Waals surface area contributed by atoms with E-state index in [2.05, 4.69) is 20.8 Å². The summed E-state index contributed by atoms with van der Waals surface area (Å²) in [5, 5.41) is 23.9. The van der Waals surface area contributed by atoms with Crippen molar-refractivity contribution >= 4 is 11.8 Å². The zero-order valence-electron chi connectivity index (χ0n) is 10.9. The zero-order valence-corrected chi connectivity index (χ0v) is 11.7. The van der Waals surface area contributed by atoms with E-state index >= 15 is 0 Å². The largest absolute Gasteiger partial charge is 0.318 e. The first-order valence-corrected chi connectivity index (χ1v) is 6.94. The molecule has 0 aliphatic carbocycles. The lowest BCUT2D eigenvalue weighted by Crippen LogP contribution is -2.16. The van der Waals surface area contributed by atoms with Crippen LogP contribution in [0.3, 0.4) is 0 Å². The van der Waals surface area contributed by atoms with Crippen LogP contribution in [0.5, 0.6) is 0 Å². The van der Waals surface area contributed by atoms with Crippen LogP contribution in [-0.2, 0) is 12.3 Å². The van der Waals surface area contributed by atoms with Crippen molar-refractivity contribution in [1.82, 2.24) is 25.5 Å². The molecule has 8 heteroatoms. The van der Waals surface area contributed by atoms with Crippen LogP contribution in [0.1, 0.15) is 11.1 Å². The average molecular weight is 292 g/mol. The zero-order chi connectivity index (χ0) is 14.4. The minimum Gasteiger partial charge on any atom is -0.318 e. The Morgan fingerprint density at radius 3 is 3.05 bits per heavy atom. The molecule has 0 bridgehead atoms. The van der Waals surface area contributed by atoms with Crippen LogP contribution in [0.25, 0.3) is 0 Å². The van der Waals surface area contributed by atoms with Crippen molar-refractivity contribution in [3.05, 3.63) is 35.1 Å². The lowest BCUT2D eigenvalue weighted by molar-refractivity contribution is 0.530. The molecular weight excluding hydrogens is 279 g/mol.